The lowest BCUT2D eigenvalue weighted by Crippen LogP contribution is -2.32. The second-order valence-electron chi connectivity index (χ2n) is 3.69. The molecule has 3 atom stereocenters. The number of aliphatic hydroxyl groups is 2. The van der Waals surface area contributed by atoms with E-state index in [0.29, 0.717) is 6.42 Å². The SMILES string of the molecule is C=CC[C@@H](O)[C@H](C)[C@H](O)C(C)C. The highest BCUT2D eigenvalue weighted by molar-refractivity contribution is 4.80. The Balaban J connectivity index is 3.98. The zero-order valence-corrected chi connectivity index (χ0v) is 8.20. The molecule has 0 aliphatic heterocycles. The van der Waals surface area contributed by atoms with Crippen molar-refractivity contribution in [3.8, 4) is 0 Å². The van der Waals surface area contributed by atoms with Gasteiger partial charge < -0.3 is 10.2 Å². The number of hydrogen-bond donors (Lipinski definition) is 2. The Hall–Kier alpha value is -0.340. The third kappa shape index (κ3) is 3.37. The van der Waals surface area contributed by atoms with Gasteiger partial charge in [0.15, 0.2) is 0 Å². The van der Waals surface area contributed by atoms with Crippen molar-refractivity contribution in [2.75, 3.05) is 0 Å². The summed E-state index contributed by atoms with van der Waals surface area (Å²) in [5.74, 6) is 0.113. The molecule has 0 aromatic heterocycles. The van der Waals surface area contributed by atoms with Gasteiger partial charge in [0, 0.05) is 5.92 Å². The summed E-state index contributed by atoms with van der Waals surface area (Å²) in [6, 6.07) is 0. The predicted octanol–water partition coefficient (Wildman–Crippen LogP) is 1.58. The van der Waals surface area contributed by atoms with Crippen LogP contribution >= 0.6 is 0 Å². The summed E-state index contributed by atoms with van der Waals surface area (Å²) >= 11 is 0. The van der Waals surface area contributed by atoms with Crippen molar-refractivity contribution in [3.05, 3.63) is 12.7 Å². The normalized spacial score (nSPS) is 18.8. The molecule has 2 heteroatoms. The molecule has 0 saturated carbocycles. The quantitative estimate of drug-likeness (QED) is 0.618. The Morgan fingerprint density at radius 2 is 1.75 bits per heavy atom. The van der Waals surface area contributed by atoms with Gasteiger partial charge in [0.05, 0.1) is 12.2 Å². The number of hydrogen-bond acceptors (Lipinski definition) is 2. The average molecular weight is 172 g/mol. The summed E-state index contributed by atoms with van der Waals surface area (Å²) in [4.78, 5) is 0. The molecule has 2 N–H and O–H groups in total. The minimum Gasteiger partial charge on any atom is -0.392 e. The van der Waals surface area contributed by atoms with Crippen LogP contribution in [0.2, 0.25) is 0 Å². The van der Waals surface area contributed by atoms with Gasteiger partial charge in [-0.3, -0.25) is 0 Å². The molecule has 0 aliphatic rings. The van der Waals surface area contributed by atoms with Crippen LogP contribution in [0.4, 0.5) is 0 Å². The lowest BCUT2D eigenvalue weighted by molar-refractivity contribution is -0.000441. The Morgan fingerprint density at radius 3 is 2.08 bits per heavy atom. The zero-order valence-electron chi connectivity index (χ0n) is 8.20. The van der Waals surface area contributed by atoms with Crippen molar-refractivity contribution in [1.29, 1.82) is 0 Å². The van der Waals surface area contributed by atoms with E-state index in [4.69, 9.17) is 0 Å². The van der Waals surface area contributed by atoms with Gasteiger partial charge in [0.1, 0.15) is 0 Å². The summed E-state index contributed by atoms with van der Waals surface area (Å²) < 4.78 is 0. The molecule has 2 nitrogen and oxygen atoms in total. The summed E-state index contributed by atoms with van der Waals surface area (Å²) in [7, 11) is 0. The van der Waals surface area contributed by atoms with E-state index in [1.54, 1.807) is 6.08 Å². The first-order valence-corrected chi connectivity index (χ1v) is 4.47. The largest absolute Gasteiger partial charge is 0.392 e. The first-order chi connectivity index (χ1) is 5.50. The van der Waals surface area contributed by atoms with Crippen molar-refractivity contribution in [1.82, 2.24) is 0 Å². The molecule has 12 heavy (non-hydrogen) atoms. The fraction of sp³-hybridized carbons (Fsp3) is 0.800. The zero-order chi connectivity index (χ0) is 9.72. The monoisotopic (exact) mass is 172 g/mol. The molecule has 0 unspecified atom stereocenters. The molecular formula is C10H20O2. The highest BCUT2D eigenvalue weighted by atomic mass is 16.3. The van der Waals surface area contributed by atoms with Crippen LogP contribution in [0, 0.1) is 11.8 Å². The lowest BCUT2D eigenvalue weighted by Gasteiger charge is -2.25. The molecule has 0 amide bonds. The molecule has 0 radical (unpaired) electrons. The van der Waals surface area contributed by atoms with Gasteiger partial charge in [-0.2, -0.15) is 0 Å². The minimum atomic E-state index is -0.472. The van der Waals surface area contributed by atoms with E-state index >= 15 is 0 Å². The van der Waals surface area contributed by atoms with E-state index in [-0.39, 0.29) is 11.8 Å². The molecule has 0 aromatic rings. The van der Waals surface area contributed by atoms with Crippen LogP contribution in [-0.2, 0) is 0 Å². The molecule has 72 valence electrons. The molecule has 0 rings (SSSR count). The first kappa shape index (κ1) is 11.7. The van der Waals surface area contributed by atoms with E-state index in [0.717, 1.165) is 0 Å². The fourth-order valence-electron chi connectivity index (χ4n) is 1.22. The highest BCUT2D eigenvalue weighted by Gasteiger charge is 2.23. The van der Waals surface area contributed by atoms with E-state index in [1.165, 1.54) is 0 Å². The first-order valence-electron chi connectivity index (χ1n) is 4.47. The molecule has 0 heterocycles. The standard InChI is InChI=1S/C10H20O2/c1-5-6-9(11)8(4)10(12)7(2)3/h5,7-12H,1,6H2,2-4H3/t8-,9+,10+/m0/s1. The average Bonchev–Trinajstić information content (AvgIpc) is 2.02. The maximum absolute atomic E-state index is 9.60. The van der Waals surface area contributed by atoms with Crippen molar-refractivity contribution >= 4 is 0 Å². The van der Waals surface area contributed by atoms with Crippen molar-refractivity contribution in [2.24, 2.45) is 11.8 Å². The topological polar surface area (TPSA) is 40.5 Å². The summed E-state index contributed by atoms with van der Waals surface area (Å²) in [5.41, 5.74) is 0. The van der Waals surface area contributed by atoms with Crippen LogP contribution in [0.1, 0.15) is 27.2 Å². The number of rotatable bonds is 5. The molecule has 0 bridgehead atoms. The maximum atomic E-state index is 9.60. The third-order valence-corrected chi connectivity index (χ3v) is 2.24. The van der Waals surface area contributed by atoms with Crippen LogP contribution in [0.3, 0.4) is 0 Å². The van der Waals surface area contributed by atoms with E-state index < -0.39 is 12.2 Å². The van der Waals surface area contributed by atoms with Crippen molar-refractivity contribution in [2.45, 2.75) is 39.4 Å². The Morgan fingerprint density at radius 1 is 1.25 bits per heavy atom. The highest BCUT2D eigenvalue weighted by Crippen LogP contribution is 2.17. The second-order valence-corrected chi connectivity index (χ2v) is 3.69. The van der Waals surface area contributed by atoms with Gasteiger partial charge in [-0.25, -0.2) is 0 Å². The minimum absolute atomic E-state index is 0.0806. The predicted molar refractivity (Wildman–Crippen MR) is 50.8 cm³/mol. The van der Waals surface area contributed by atoms with Crippen LogP contribution in [0.15, 0.2) is 12.7 Å². The van der Waals surface area contributed by atoms with Crippen molar-refractivity contribution < 1.29 is 10.2 Å². The Bertz CT molecular complexity index is 132. The van der Waals surface area contributed by atoms with Gasteiger partial charge >= 0.3 is 0 Å². The Kier molecular flexibility index (Phi) is 5.18. The van der Waals surface area contributed by atoms with Crippen LogP contribution in [0.5, 0.6) is 0 Å². The van der Waals surface area contributed by atoms with Gasteiger partial charge in [0.2, 0.25) is 0 Å². The van der Waals surface area contributed by atoms with Gasteiger partial charge in [-0.1, -0.05) is 26.8 Å². The molecule has 0 fully saturated rings. The van der Waals surface area contributed by atoms with E-state index in [9.17, 15) is 10.2 Å². The summed E-state index contributed by atoms with van der Waals surface area (Å²) in [5, 5.41) is 19.1. The summed E-state index contributed by atoms with van der Waals surface area (Å²) in [6.07, 6.45) is 1.32. The number of aliphatic hydroxyl groups excluding tert-OH is 2. The molecule has 0 spiro atoms. The van der Waals surface area contributed by atoms with Gasteiger partial charge in [-0.15, -0.1) is 6.58 Å². The molecule has 0 aliphatic carbocycles. The molecule has 0 saturated heterocycles. The summed E-state index contributed by atoms with van der Waals surface area (Å²) in [6.45, 7) is 9.30. The molecular weight excluding hydrogens is 152 g/mol. The molecule has 0 aromatic carbocycles. The third-order valence-electron chi connectivity index (χ3n) is 2.24. The smallest absolute Gasteiger partial charge is 0.0624 e. The van der Waals surface area contributed by atoms with E-state index in [2.05, 4.69) is 6.58 Å². The van der Waals surface area contributed by atoms with Crippen molar-refractivity contribution in [3.63, 3.8) is 0 Å². The maximum Gasteiger partial charge on any atom is 0.0624 e. The van der Waals surface area contributed by atoms with E-state index in [1.807, 2.05) is 20.8 Å². The van der Waals surface area contributed by atoms with Crippen LogP contribution in [-0.4, -0.2) is 22.4 Å². The van der Waals surface area contributed by atoms with Crippen LogP contribution < -0.4 is 0 Å². The Labute approximate surface area is 74.9 Å². The van der Waals surface area contributed by atoms with Gasteiger partial charge in [0.25, 0.3) is 0 Å². The fourth-order valence-corrected chi connectivity index (χ4v) is 1.22. The lowest BCUT2D eigenvalue weighted by atomic mass is 9.89. The van der Waals surface area contributed by atoms with Gasteiger partial charge in [-0.05, 0) is 12.3 Å². The second kappa shape index (κ2) is 5.33. The van der Waals surface area contributed by atoms with Crippen LogP contribution in [0.25, 0.3) is 0 Å².